The van der Waals surface area contributed by atoms with Gasteiger partial charge in [0.25, 0.3) is 0 Å². The van der Waals surface area contributed by atoms with Crippen LogP contribution in [0.5, 0.6) is 0 Å². The molecule has 0 rings (SSSR count). The lowest BCUT2D eigenvalue weighted by atomic mass is 10.1. The topological polar surface area (TPSA) is 78.9 Å². The van der Waals surface area contributed by atoms with Crippen LogP contribution in [0.2, 0.25) is 0 Å². The summed E-state index contributed by atoms with van der Waals surface area (Å²) in [5, 5.41) is 0. The molecule has 0 radical (unpaired) electrons. The second-order valence-electron chi connectivity index (χ2n) is 18.5. The molecule has 408 valence electrons. The second kappa shape index (κ2) is 59.6. The van der Waals surface area contributed by atoms with Gasteiger partial charge in [-0.1, -0.05) is 237 Å². The molecule has 6 heteroatoms. The zero-order valence-electron chi connectivity index (χ0n) is 46.6. The molecule has 0 aromatic rings. The molecule has 0 heterocycles. The van der Waals surface area contributed by atoms with Gasteiger partial charge in [0.2, 0.25) is 0 Å². The quantitative estimate of drug-likeness (QED) is 0.0261. The lowest BCUT2D eigenvalue weighted by Crippen LogP contribution is -2.30. The Bertz CT molecular complexity index is 1590. The van der Waals surface area contributed by atoms with Crippen LogP contribution in [-0.2, 0) is 28.6 Å². The van der Waals surface area contributed by atoms with Crippen molar-refractivity contribution in [2.75, 3.05) is 13.2 Å². The molecule has 0 aliphatic carbocycles. The number of ether oxygens (including phenoxy) is 3. The van der Waals surface area contributed by atoms with Gasteiger partial charge in [0.05, 0.1) is 0 Å². The summed E-state index contributed by atoms with van der Waals surface area (Å²) >= 11 is 0. The van der Waals surface area contributed by atoms with Crippen molar-refractivity contribution in [3.05, 3.63) is 158 Å². The predicted molar refractivity (Wildman–Crippen MR) is 315 cm³/mol. The van der Waals surface area contributed by atoms with Crippen molar-refractivity contribution in [1.29, 1.82) is 0 Å². The van der Waals surface area contributed by atoms with Crippen LogP contribution in [0.25, 0.3) is 0 Å². The fraction of sp³-hybridized carbons (Fsp3) is 0.567. The molecule has 0 saturated heterocycles. The molecule has 0 aromatic carbocycles. The standard InChI is InChI=1S/C67H104O6/c1-4-7-10-13-16-19-22-25-28-31-33-36-38-41-44-47-50-53-56-59-65(68)71-62-64(73-67(70)61-58-55-52-49-46-43-40-35-30-27-24-21-18-15-12-9-6-3)63-72-66(69)60-57-54-51-48-45-42-39-37-34-32-29-26-23-20-17-14-11-8-5-2/h16-17,19-20,25-30,33-34,36-37,40-45,49-54,64H,4-15,18,21-24,31-32,35,38-39,46-48,55-63H2,1-3H3/b19-16-,20-17-,28-25-,29-26-,30-27-,36-33-,37-34-,43-40-,44-41-,45-42-,52-49-,53-50-,54-51-. The highest BCUT2D eigenvalue weighted by atomic mass is 16.6. The van der Waals surface area contributed by atoms with E-state index in [-0.39, 0.29) is 32.5 Å². The first kappa shape index (κ1) is 68.0. The predicted octanol–water partition coefficient (Wildman–Crippen LogP) is 19.8. The average Bonchev–Trinajstić information content (AvgIpc) is 3.39. The van der Waals surface area contributed by atoms with Crippen molar-refractivity contribution < 1.29 is 28.6 Å². The molecule has 0 aromatic heterocycles. The maximum atomic E-state index is 12.8. The van der Waals surface area contributed by atoms with Gasteiger partial charge in [-0.15, -0.1) is 0 Å². The van der Waals surface area contributed by atoms with Gasteiger partial charge in [-0.3, -0.25) is 14.4 Å². The number of rotatable bonds is 50. The molecule has 6 nitrogen and oxygen atoms in total. The van der Waals surface area contributed by atoms with Gasteiger partial charge in [-0.25, -0.2) is 0 Å². The van der Waals surface area contributed by atoms with E-state index < -0.39 is 24.0 Å². The summed E-state index contributed by atoms with van der Waals surface area (Å²) < 4.78 is 16.7. The normalized spacial score (nSPS) is 12.9. The molecule has 0 amide bonds. The fourth-order valence-corrected chi connectivity index (χ4v) is 7.13. The lowest BCUT2D eigenvalue weighted by Gasteiger charge is -2.18. The molecule has 0 aliphatic heterocycles. The Morgan fingerprint density at radius 1 is 0.274 bits per heavy atom. The minimum atomic E-state index is -0.873. The Morgan fingerprint density at radius 2 is 0.521 bits per heavy atom. The van der Waals surface area contributed by atoms with Crippen molar-refractivity contribution in [3.63, 3.8) is 0 Å². The largest absolute Gasteiger partial charge is 0.462 e. The smallest absolute Gasteiger partial charge is 0.306 e. The summed E-state index contributed by atoms with van der Waals surface area (Å²) in [5.74, 6) is -1.19. The Labute approximate surface area is 448 Å². The minimum Gasteiger partial charge on any atom is -0.462 e. The lowest BCUT2D eigenvalue weighted by molar-refractivity contribution is -0.166. The van der Waals surface area contributed by atoms with E-state index in [1.807, 2.05) is 24.3 Å². The summed E-state index contributed by atoms with van der Waals surface area (Å²) in [5.41, 5.74) is 0. The molecule has 0 N–H and O–H groups in total. The summed E-state index contributed by atoms with van der Waals surface area (Å²) in [4.78, 5) is 38.1. The Hall–Kier alpha value is -4.97. The van der Waals surface area contributed by atoms with Crippen molar-refractivity contribution in [2.45, 2.75) is 232 Å². The zero-order chi connectivity index (χ0) is 52.9. The molecule has 0 aliphatic rings. The van der Waals surface area contributed by atoms with Gasteiger partial charge in [0.15, 0.2) is 6.10 Å². The number of allylic oxidation sites excluding steroid dienone is 26. The highest BCUT2D eigenvalue weighted by Gasteiger charge is 2.19. The fourth-order valence-electron chi connectivity index (χ4n) is 7.13. The van der Waals surface area contributed by atoms with E-state index in [2.05, 4.69) is 154 Å². The average molecular weight is 1010 g/mol. The third-order valence-corrected chi connectivity index (χ3v) is 11.5. The van der Waals surface area contributed by atoms with Gasteiger partial charge in [0, 0.05) is 19.3 Å². The van der Waals surface area contributed by atoms with Crippen LogP contribution in [0.15, 0.2) is 158 Å². The van der Waals surface area contributed by atoms with Gasteiger partial charge in [0.1, 0.15) is 13.2 Å². The van der Waals surface area contributed by atoms with Crippen LogP contribution in [0.3, 0.4) is 0 Å². The molecule has 0 bridgehead atoms. The third-order valence-electron chi connectivity index (χ3n) is 11.5. The molecule has 0 unspecified atom stereocenters. The minimum absolute atomic E-state index is 0.167. The van der Waals surface area contributed by atoms with Crippen molar-refractivity contribution in [1.82, 2.24) is 0 Å². The van der Waals surface area contributed by atoms with Gasteiger partial charge in [-0.2, -0.15) is 0 Å². The summed E-state index contributed by atoms with van der Waals surface area (Å²) in [6.07, 6.45) is 86.9. The number of hydrogen-bond acceptors (Lipinski definition) is 6. The van der Waals surface area contributed by atoms with Crippen LogP contribution in [0, 0.1) is 0 Å². The number of hydrogen-bond donors (Lipinski definition) is 0. The number of esters is 3. The maximum absolute atomic E-state index is 12.8. The molecule has 0 fully saturated rings. The van der Waals surface area contributed by atoms with Crippen LogP contribution in [-0.4, -0.2) is 37.2 Å². The van der Waals surface area contributed by atoms with E-state index in [0.29, 0.717) is 19.3 Å². The second-order valence-corrected chi connectivity index (χ2v) is 18.5. The van der Waals surface area contributed by atoms with Crippen LogP contribution < -0.4 is 0 Å². The first-order valence-corrected chi connectivity index (χ1v) is 29.0. The van der Waals surface area contributed by atoms with Crippen LogP contribution >= 0.6 is 0 Å². The monoisotopic (exact) mass is 1000 g/mol. The SMILES string of the molecule is CCCCC/C=C\C/C=C\C/C=C\C/C=C\C/C=C\CCC(=O)OCC(COC(=O)CC/C=C\C/C=C\C/C=C\C/C=C\C/C=C\CCCCC)OC(=O)CCC/C=C\C/C=C\C/C=C\CCCCCCCC. The molecule has 73 heavy (non-hydrogen) atoms. The van der Waals surface area contributed by atoms with Crippen molar-refractivity contribution in [3.8, 4) is 0 Å². The highest BCUT2D eigenvalue weighted by Crippen LogP contribution is 2.10. The molecular formula is C67H104O6. The number of unbranched alkanes of at least 4 members (excludes halogenated alkanes) is 13. The summed E-state index contributed by atoms with van der Waals surface area (Å²) in [7, 11) is 0. The number of carbonyl (C=O) groups excluding carboxylic acids is 3. The Kier molecular flexibility index (Phi) is 55.5. The van der Waals surface area contributed by atoms with Gasteiger partial charge >= 0.3 is 17.9 Å². The first-order valence-electron chi connectivity index (χ1n) is 29.0. The van der Waals surface area contributed by atoms with E-state index in [1.54, 1.807) is 0 Å². The Morgan fingerprint density at radius 3 is 0.849 bits per heavy atom. The molecule has 0 spiro atoms. The highest BCUT2D eigenvalue weighted by molar-refractivity contribution is 5.71. The molecule has 0 atom stereocenters. The first-order chi connectivity index (χ1) is 36.0. The van der Waals surface area contributed by atoms with E-state index in [4.69, 9.17) is 14.2 Å². The van der Waals surface area contributed by atoms with E-state index in [0.717, 1.165) is 77.0 Å². The van der Waals surface area contributed by atoms with Crippen LogP contribution in [0.1, 0.15) is 226 Å². The number of carbonyl (C=O) groups is 3. The van der Waals surface area contributed by atoms with E-state index in [9.17, 15) is 14.4 Å². The van der Waals surface area contributed by atoms with Gasteiger partial charge < -0.3 is 14.2 Å². The van der Waals surface area contributed by atoms with Crippen molar-refractivity contribution in [2.24, 2.45) is 0 Å². The molecule has 0 saturated carbocycles. The molecular weight excluding hydrogens is 901 g/mol. The maximum Gasteiger partial charge on any atom is 0.306 e. The summed E-state index contributed by atoms with van der Waals surface area (Å²) in [6.45, 7) is 6.39. The van der Waals surface area contributed by atoms with Gasteiger partial charge in [-0.05, 0) is 128 Å². The van der Waals surface area contributed by atoms with Crippen LogP contribution in [0.4, 0.5) is 0 Å². The van der Waals surface area contributed by atoms with E-state index in [1.165, 1.54) is 89.9 Å². The summed E-state index contributed by atoms with van der Waals surface area (Å²) in [6, 6.07) is 0. The van der Waals surface area contributed by atoms with E-state index >= 15 is 0 Å². The Balaban J connectivity index is 4.71. The third kappa shape index (κ3) is 57.8. The zero-order valence-corrected chi connectivity index (χ0v) is 46.6. The van der Waals surface area contributed by atoms with Crippen molar-refractivity contribution >= 4 is 17.9 Å².